The van der Waals surface area contributed by atoms with Crippen molar-refractivity contribution in [1.82, 2.24) is 20.2 Å². The van der Waals surface area contributed by atoms with Gasteiger partial charge in [-0.15, -0.1) is 0 Å². The van der Waals surface area contributed by atoms with Crippen molar-refractivity contribution < 1.29 is 9.59 Å². The Balaban J connectivity index is 1.54. The van der Waals surface area contributed by atoms with E-state index in [-0.39, 0.29) is 23.6 Å². The molecule has 0 radical (unpaired) electrons. The standard InChI is InChI=1S/C22H34ClN5O2S/c1-3-4-10-21(30)28-12-11-27(14-16(28)2)19-13-18(23)25-22(26-19)31-15-20(29)24-17-8-6-5-7-9-17/h13,16-17H,3-12,14-15H2,1-2H3,(H,24,29). The third-order valence-corrected chi connectivity index (χ3v) is 7.02. The van der Waals surface area contributed by atoms with Crippen LogP contribution in [0.15, 0.2) is 11.2 Å². The molecular formula is C22H34ClN5O2S. The largest absolute Gasteiger partial charge is 0.353 e. The molecule has 3 rings (SSSR count). The van der Waals surface area contributed by atoms with Crippen molar-refractivity contribution in [2.45, 2.75) is 82.5 Å². The molecule has 1 unspecified atom stereocenters. The molecule has 2 amide bonds. The van der Waals surface area contributed by atoms with Gasteiger partial charge in [-0.2, -0.15) is 0 Å². The number of hydrogen-bond donors (Lipinski definition) is 1. The summed E-state index contributed by atoms with van der Waals surface area (Å²) in [7, 11) is 0. The van der Waals surface area contributed by atoms with Crippen LogP contribution in [0.3, 0.4) is 0 Å². The number of aromatic nitrogens is 2. The number of nitrogens with zero attached hydrogens (tertiary/aromatic N) is 4. The molecule has 1 saturated carbocycles. The molecule has 1 atom stereocenters. The van der Waals surface area contributed by atoms with Crippen LogP contribution in [-0.4, -0.2) is 64.2 Å². The average Bonchev–Trinajstić information content (AvgIpc) is 2.76. The summed E-state index contributed by atoms with van der Waals surface area (Å²) >= 11 is 7.57. The van der Waals surface area contributed by atoms with Crippen LogP contribution in [-0.2, 0) is 9.59 Å². The summed E-state index contributed by atoms with van der Waals surface area (Å²) < 4.78 is 0. The van der Waals surface area contributed by atoms with Crippen LogP contribution in [0.1, 0.15) is 65.2 Å². The van der Waals surface area contributed by atoms with Gasteiger partial charge < -0.3 is 15.1 Å². The lowest BCUT2D eigenvalue weighted by Gasteiger charge is -2.40. The van der Waals surface area contributed by atoms with Gasteiger partial charge in [-0.1, -0.05) is 56.0 Å². The molecule has 1 N–H and O–H groups in total. The SMILES string of the molecule is CCCCC(=O)N1CCN(c2cc(Cl)nc(SCC(=O)NC3CCCCC3)n2)CC1C. The van der Waals surface area contributed by atoms with Crippen LogP contribution >= 0.6 is 23.4 Å². The Morgan fingerprint density at radius 3 is 2.71 bits per heavy atom. The highest BCUT2D eigenvalue weighted by Gasteiger charge is 2.28. The highest BCUT2D eigenvalue weighted by molar-refractivity contribution is 7.99. The Bertz CT molecular complexity index is 759. The van der Waals surface area contributed by atoms with Crippen LogP contribution in [0.5, 0.6) is 0 Å². The van der Waals surface area contributed by atoms with Crippen molar-refractivity contribution >= 4 is 41.0 Å². The van der Waals surface area contributed by atoms with Crippen molar-refractivity contribution in [1.29, 1.82) is 0 Å². The van der Waals surface area contributed by atoms with E-state index in [4.69, 9.17) is 11.6 Å². The monoisotopic (exact) mass is 467 g/mol. The molecule has 2 aliphatic rings. The van der Waals surface area contributed by atoms with Crippen molar-refractivity contribution in [3.63, 3.8) is 0 Å². The predicted octanol–water partition coefficient (Wildman–Crippen LogP) is 3.90. The number of thioether (sulfide) groups is 1. The van der Waals surface area contributed by atoms with Crippen molar-refractivity contribution in [2.75, 3.05) is 30.3 Å². The molecule has 7 nitrogen and oxygen atoms in total. The lowest BCUT2D eigenvalue weighted by molar-refractivity contribution is -0.133. The Morgan fingerprint density at radius 2 is 2.00 bits per heavy atom. The summed E-state index contributed by atoms with van der Waals surface area (Å²) in [6.07, 6.45) is 8.35. The van der Waals surface area contributed by atoms with E-state index in [9.17, 15) is 9.59 Å². The van der Waals surface area contributed by atoms with E-state index >= 15 is 0 Å². The summed E-state index contributed by atoms with van der Waals surface area (Å²) in [5.74, 6) is 1.29. The first-order chi connectivity index (χ1) is 15.0. The predicted molar refractivity (Wildman–Crippen MR) is 126 cm³/mol. The van der Waals surface area contributed by atoms with Crippen molar-refractivity contribution in [2.24, 2.45) is 0 Å². The van der Waals surface area contributed by atoms with Crippen LogP contribution in [0, 0.1) is 0 Å². The van der Waals surface area contributed by atoms with Gasteiger partial charge in [0.1, 0.15) is 11.0 Å². The number of carbonyl (C=O) groups is 2. The molecule has 31 heavy (non-hydrogen) atoms. The number of piperazine rings is 1. The molecule has 172 valence electrons. The van der Waals surface area contributed by atoms with Crippen molar-refractivity contribution in [3.05, 3.63) is 11.2 Å². The fourth-order valence-electron chi connectivity index (χ4n) is 4.27. The molecule has 1 saturated heterocycles. The molecule has 2 fully saturated rings. The van der Waals surface area contributed by atoms with Gasteiger partial charge in [0.25, 0.3) is 0 Å². The first-order valence-corrected chi connectivity index (χ1v) is 12.8. The number of halogens is 1. The number of amides is 2. The quantitative estimate of drug-likeness (QED) is 0.355. The topological polar surface area (TPSA) is 78.4 Å². The minimum atomic E-state index is 0.0230. The molecule has 2 heterocycles. The second-order valence-electron chi connectivity index (χ2n) is 8.51. The van der Waals surface area contributed by atoms with Crippen molar-refractivity contribution in [3.8, 4) is 0 Å². The zero-order valence-electron chi connectivity index (χ0n) is 18.6. The zero-order valence-corrected chi connectivity index (χ0v) is 20.2. The van der Waals surface area contributed by atoms with Crippen LogP contribution in [0.4, 0.5) is 5.82 Å². The van der Waals surface area contributed by atoms with Gasteiger partial charge in [-0.05, 0) is 26.2 Å². The Hall–Kier alpha value is -1.54. The van der Waals surface area contributed by atoms with E-state index in [1.165, 1.54) is 31.0 Å². The van der Waals surface area contributed by atoms with Gasteiger partial charge in [0.05, 0.1) is 5.75 Å². The minimum absolute atomic E-state index is 0.0230. The highest BCUT2D eigenvalue weighted by Crippen LogP contribution is 2.25. The zero-order chi connectivity index (χ0) is 22.2. The molecule has 1 aromatic rings. The molecule has 0 spiro atoms. The maximum absolute atomic E-state index is 12.4. The summed E-state index contributed by atoms with van der Waals surface area (Å²) in [6, 6.07) is 2.18. The van der Waals surface area contributed by atoms with Crippen LogP contribution in [0.2, 0.25) is 5.15 Å². The van der Waals surface area contributed by atoms with E-state index in [2.05, 4.69) is 34.0 Å². The van der Waals surface area contributed by atoms with Gasteiger partial charge in [0.2, 0.25) is 11.8 Å². The molecule has 0 bridgehead atoms. The number of rotatable bonds is 8. The van der Waals surface area contributed by atoms with Gasteiger partial charge in [-0.25, -0.2) is 9.97 Å². The van der Waals surface area contributed by atoms with Crippen LogP contribution in [0.25, 0.3) is 0 Å². The van der Waals surface area contributed by atoms with E-state index < -0.39 is 0 Å². The molecule has 0 aromatic carbocycles. The van der Waals surface area contributed by atoms with E-state index in [1.54, 1.807) is 6.07 Å². The fraction of sp³-hybridized carbons (Fsp3) is 0.727. The molecule has 1 aromatic heterocycles. The first kappa shape index (κ1) is 24.1. The smallest absolute Gasteiger partial charge is 0.230 e. The summed E-state index contributed by atoms with van der Waals surface area (Å²) in [6.45, 7) is 6.27. The normalized spacial score (nSPS) is 20.0. The molecule has 9 heteroatoms. The maximum Gasteiger partial charge on any atom is 0.230 e. The van der Waals surface area contributed by atoms with Gasteiger partial charge in [0.15, 0.2) is 5.16 Å². The number of nitrogens with one attached hydrogen (secondary N) is 1. The Morgan fingerprint density at radius 1 is 1.23 bits per heavy atom. The summed E-state index contributed by atoms with van der Waals surface area (Å²) in [5, 5.41) is 4.00. The number of hydrogen-bond acceptors (Lipinski definition) is 6. The highest BCUT2D eigenvalue weighted by atomic mass is 35.5. The Labute approximate surface area is 194 Å². The van der Waals surface area contributed by atoms with Crippen LogP contribution < -0.4 is 10.2 Å². The Kier molecular flexibility index (Phi) is 9.26. The summed E-state index contributed by atoms with van der Waals surface area (Å²) in [4.78, 5) is 37.8. The van der Waals surface area contributed by atoms with E-state index in [1.807, 2.05) is 4.90 Å². The average molecular weight is 468 g/mol. The third kappa shape index (κ3) is 7.24. The second-order valence-corrected chi connectivity index (χ2v) is 9.84. The third-order valence-electron chi connectivity index (χ3n) is 5.98. The molecule has 1 aliphatic heterocycles. The van der Waals surface area contributed by atoms with E-state index in [0.29, 0.717) is 42.4 Å². The van der Waals surface area contributed by atoms with Gasteiger partial charge in [-0.3, -0.25) is 9.59 Å². The second kappa shape index (κ2) is 11.9. The maximum atomic E-state index is 12.4. The minimum Gasteiger partial charge on any atom is -0.353 e. The number of unbranched alkanes of at least 4 members (excludes halogenated alkanes) is 1. The molecular weight excluding hydrogens is 434 g/mol. The lowest BCUT2D eigenvalue weighted by Crippen LogP contribution is -2.54. The lowest BCUT2D eigenvalue weighted by atomic mass is 9.95. The summed E-state index contributed by atoms with van der Waals surface area (Å²) in [5.41, 5.74) is 0. The fourth-order valence-corrected chi connectivity index (χ4v) is 5.16. The molecule has 1 aliphatic carbocycles. The first-order valence-electron chi connectivity index (χ1n) is 11.5. The number of carbonyl (C=O) groups excluding carboxylic acids is 2. The van der Waals surface area contributed by atoms with Gasteiger partial charge >= 0.3 is 0 Å². The van der Waals surface area contributed by atoms with E-state index in [0.717, 1.165) is 31.5 Å². The van der Waals surface area contributed by atoms with Gasteiger partial charge in [0, 0.05) is 44.2 Å². The number of anilines is 1.